The van der Waals surface area contributed by atoms with Crippen LogP contribution in [0.4, 0.5) is 10.5 Å². The average molecular weight is 482 g/mol. The van der Waals surface area contributed by atoms with Crippen molar-refractivity contribution in [3.63, 3.8) is 0 Å². The van der Waals surface area contributed by atoms with Gasteiger partial charge in [-0.3, -0.25) is 19.3 Å². The molecule has 4 rings (SSSR count). The van der Waals surface area contributed by atoms with Crippen molar-refractivity contribution in [2.45, 2.75) is 32.4 Å². The first kappa shape index (κ1) is 23.8. The van der Waals surface area contributed by atoms with Crippen LogP contribution in [0.5, 0.6) is 0 Å². The number of nitrogen functional groups attached to an aromatic ring is 1. The van der Waals surface area contributed by atoms with E-state index >= 15 is 0 Å². The highest BCUT2D eigenvalue weighted by Gasteiger charge is 2.23. The average Bonchev–Trinajstić information content (AvgIpc) is 3.30. The molecule has 1 aromatic carbocycles. The Morgan fingerprint density at radius 2 is 1.97 bits per heavy atom. The molecule has 1 aliphatic rings. The van der Waals surface area contributed by atoms with E-state index in [0.717, 1.165) is 36.1 Å². The van der Waals surface area contributed by atoms with Gasteiger partial charge in [0.1, 0.15) is 11.4 Å². The van der Waals surface area contributed by atoms with Crippen molar-refractivity contribution in [3.8, 4) is 11.1 Å². The first-order valence-electron chi connectivity index (χ1n) is 11.2. The third-order valence-electron chi connectivity index (χ3n) is 6.24. The molecule has 184 valence electrons. The van der Waals surface area contributed by atoms with Crippen LogP contribution in [0.1, 0.15) is 41.9 Å². The van der Waals surface area contributed by atoms with Gasteiger partial charge < -0.3 is 26.0 Å². The maximum absolute atomic E-state index is 12.6. The summed E-state index contributed by atoms with van der Waals surface area (Å²) in [6.07, 6.45) is 4.46. The number of hydrogen-bond donors (Lipinski definition) is 5. The number of H-pyrrole nitrogens is 2. The Balaban J connectivity index is 1.43. The molecule has 0 bridgehead atoms. The molecule has 1 atom stereocenters. The summed E-state index contributed by atoms with van der Waals surface area (Å²) >= 11 is 0. The Hall–Kier alpha value is -4.35. The van der Waals surface area contributed by atoms with Crippen molar-refractivity contribution >= 4 is 17.7 Å². The molecule has 2 amide bonds. The Morgan fingerprint density at radius 3 is 2.69 bits per heavy atom. The Bertz CT molecular complexity index is 1350. The van der Waals surface area contributed by atoms with E-state index in [1.54, 1.807) is 13.1 Å². The van der Waals surface area contributed by atoms with Crippen molar-refractivity contribution in [1.82, 2.24) is 30.0 Å². The lowest BCUT2D eigenvalue weighted by Crippen LogP contribution is -2.38. The molecule has 1 aliphatic heterocycles. The Labute approximate surface area is 199 Å². The summed E-state index contributed by atoms with van der Waals surface area (Å²) in [5.41, 5.74) is 6.02. The number of carbonyl (C=O) groups is 2. The summed E-state index contributed by atoms with van der Waals surface area (Å²) in [6, 6.07) is 7.17. The van der Waals surface area contributed by atoms with Gasteiger partial charge in [-0.1, -0.05) is 18.2 Å². The maximum atomic E-state index is 12.6. The fourth-order valence-electron chi connectivity index (χ4n) is 4.20. The zero-order valence-corrected chi connectivity index (χ0v) is 19.2. The first-order chi connectivity index (χ1) is 16.7. The molecule has 3 aromatic rings. The molecule has 35 heavy (non-hydrogen) atoms. The fraction of sp³-hybridized carbons (Fsp3) is 0.348. The van der Waals surface area contributed by atoms with Gasteiger partial charge in [0.2, 0.25) is 0 Å². The fourth-order valence-corrected chi connectivity index (χ4v) is 4.20. The van der Waals surface area contributed by atoms with E-state index in [2.05, 4.69) is 15.4 Å². The van der Waals surface area contributed by atoms with Crippen molar-refractivity contribution < 1.29 is 14.7 Å². The molecule has 0 aliphatic carbocycles. The molecule has 0 saturated carbocycles. The van der Waals surface area contributed by atoms with Crippen molar-refractivity contribution in [2.24, 2.45) is 5.92 Å². The summed E-state index contributed by atoms with van der Waals surface area (Å²) in [6.45, 7) is 3.58. The zero-order valence-electron chi connectivity index (χ0n) is 19.2. The highest BCUT2D eigenvalue weighted by Crippen LogP contribution is 2.25. The smallest absolute Gasteiger partial charge is 0.407 e. The van der Waals surface area contributed by atoms with Crippen LogP contribution >= 0.6 is 0 Å². The maximum Gasteiger partial charge on any atom is 0.407 e. The molecule has 1 saturated heterocycles. The highest BCUT2D eigenvalue weighted by molar-refractivity contribution is 5.97. The molecule has 3 heterocycles. The van der Waals surface area contributed by atoms with Crippen molar-refractivity contribution in [3.05, 3.63) is 68.8 Å². The minimum atomic E-state index is -0.871. The predicted molar refractivity (Wildman–Crippen MR) is 128 cm³/mol. The quantitative estimate of drug-likeness (QED) is 0.353. The lowest BCUT2D eigenvalue weighted by Gasteiger charge is -2.29. The van der Waals surface area contributed by atoms with E-state index in [-0.39, 0.29) is 11.4 Å². The van der Waals surface area contributed by atoms with Crippen LogP contribution in [-0.2, 0) is 6.54 Å². The summed E-state index contributed by atoms with van der Waals surface area (Å²) in [7, 11) is 0. The molecule has 0 radical (unpaired) electrons. The molecule has 2 aromatic heterocycles. The van der Waals surface area contributed by atoms with E-state index in [0.29, 0.717) is 19.0 Å². The number of aromatic nitrogens is 4. The van der Waals surface area contributed by atoms with E-state index in [4.69, 9.17) is 10.8 Å². The third-order valence-corrected chi connectivity index (χ3v) is 6.24. The topological polar surface area (TPSA) is 179 Å². The number of nitrogens with one attached hydrogen (secondary N) is 3. The number of nitrogens with zero attached hydrogens (tertiary/aromatic N) is 3. The lowest BCUT2D eigenvalue weighted by atomic mass is 9.97. The largest absolute Gasteiger partial charge is 0.465 e. The normalized spacial score (nSPS) is 15.1. The number of piperidine rings is 1. The van der Waals surface area contributed by atoms with Crippen LogP contribution in [0.15, 0.2) is 46.2 Å². The number of carbonyl (C=O) groups excluding carboxylic acids is 1. The minimum absolute atomic E-state index is 0.280. The van der Waals surface area contributed by atoms with Crippen LogP contribution < -0.4 is 22.3 Å². The van der Waals surface area contributed by atoms with Gasteiger partial charge in [-0.15, -0.1) is 0 Å². The van der Waals surface area contributed by atoms with Gasteiger partial charge in [0, 0.05) is 31.4 Å². The number of nitrogens with two attached hydrogens (primary N) is 1. The van der Waals surface area contributed by atoms with E-state index in [1.807, 2.05) is 40.1 Å². The molecule has 1 fully saturated rings. The van der Waals surface area contributed by atoms with Crippen LogP contribution in [0.2, 0.25) is 0 Å². The number of anilines is 1. The second kappa shape index (κ2) is 9.87. The molecule has 12 nitrogen and oxygen atoms in total. The SMILES string of the molecule is C[C@@H](NC(=O)c1[nH]c(=O)[nH]c(=O)c1N)c1cccc(-c2cnn(CC3CCN(C(=O)O)CC3)c2)c1. The van der Waals surface area contributed by atoms with Gasteiger partial charge >= 0.3 is 11.8 Å². The van der Waals surface area contributed by atoms with Crippen molar-refractivity contribution in [1.29, 1.82) is 0 Å². The van der Waals surface area contributed by atoms with Crippen LogP contribution in [0.3, 0.4) is 0 Å². The standard InChI is InChI=1S/C23H27N7O5/c1-13(26-21(32)19-18(24)20(31)28-22(33)27-19)15-3-2-4-16(9-15)17-10-25-30(12-17)11-14-5-7-29(8-6-14)23(34)35/h2-4,9-10,12-14H,5-8,11,24H2,1H3,(H,26,32)(H,34,35)(H2,27,28,31,33)/t13-/m1/s1. The predicted octanol–water partition coefficient (Wildman–Crippen LogP) is 1.39. The molecule has 0 spiro atoms. The van der Waals surface area contributed by atoms with Gasteiger partial charge in [0.15, 0.2) is 0 Å². The second-order valence-electron chi connectivity index (χ2n) is 8.68. The molecule has 0 unspecified atom stereocenters. The molecular weight excluding hydrogens is 454 g/mol. The summed E-state index contributed by atoms with van der Waals surface area (Å²) in [5.74, 6) is -0.297. The van der Waals surface area contributed by atoms with E-state index in [9.17, 15) is 19.2 Å². The number of carboxylic acid groups (broad SMARTS) is 1. The third kappa shape index (κ3) is 5.42. The number of amides is 2. The number of likely N-dealkylation sites (tertiary alicyclic amines) is 1. The van der Waals surface area contributed by atoms with Gasteiger partial charge in [-0.05, 0) is 42.9 Å². The number of hydrogen-bond acceptors (Lipinski definition) is 6. The molecule has 6 N–H and O–H groups in total. The highest BCUT2D eigenvalue weighted by atomic mass is 16.4. The van der Waals surface area contributed by atoms with Gasteiger partial charge in [0.05, 0.1) is 12.2 Å². The summed E-state index contributed by atoms with van der Waals surface area (Å²) in [5, 5.41) is 16.3. The van der Waals surface area contributed by atoms with Crippen LogP contribution in [0, 0.1) is 5.92 Å². The molecule has 12 heteroatoms. The first-order valence-corrected chi connectivity index (χ1v) is 11.2. The Kier molecular flexibility index (Phi) is 6.71. The van der Waals surface area contributed by atoms with E-state index < -0.39 is 29.3 Å². The minimum Gasteiger partial charge on any atom is -0.465 e. The number of rotatable bonds is 6. The van der Waals surface area contributed by atoms with Crippen molar-refractivity contribution in [2.75, 3.05) is 18.8 Å². The van der Waals surface area contributed by atoms with Crippen LogP contribution in [-0.4, -0.2) is 54.8 Å². The zero-order chi connectivity index (χ0) is 25.1. The number of benzene rings is 1. The second-order valence-corrected chi connectivity index (χ2v) is 8.68. The number of aromatic amines is 2. The Morgan fingerprint density at radius 1 is 1.23 bits per heavy atom. The summed E-state index contributed by atoms with van der Waals surface area (Å²) < 4.78 is 1.88. The van der Waals surface area contributed by atoms with Gasteiger partial charge in [0.25, 0.3) is 11.5 Å². The van der Waals surface area contributed by atoms with Gasteiger partial charge in [-0.25, -0.2) is 9.59 Å². The van der Waals surface area contributed by atoms with Gasteiger partial charge in [-0.2, -0.15) is 5.10 Å². The summed E-state index contributed by atoms with van der Waals surface area (Å²) in [4.78, 5) is 52.5. The van der Waals surface area contributed by atoms with Crippen LogP contribution in [0.25, 0.3) is 11.1 Å². The molecular formula is C23H27N7O5. The lowest BCUT2D eigenvalue weighted by molar-refractivity contribution is 0.0935. The monoisotopic (exact) mass is 481 g/mol. The van der Waals surface area contributed by atoms with E-state index in [1.165, 1.54) is 4.90 Å².